The maximum absolute atomic E-state index is 11.8. The molecule has 0 unspecified atom stereocenters. The van der Waals surface area contributed by atoms with E-state index in [0.717, 1.165) is 6.07 Å². The van der Waals surface area contributed by atoms with Crippen molar-refractivity contribution >= 4 is 76.9 Å². The Morgan fingerprint density at radius 3 is 2.03 bits per heavy atom. The van der Waals surface area contributed by atoms with Crippen molar-refractivity contribution in [3.05, 3.63) is 51.5 Å². The van der Waals surface area contributed by atoms with Crippen LogP contribution in [0.4, 0.5) is 34.9 Å². The summed E-state index contributed by atoms with van der Waals surface area (Å²) in [6.45, 7) is -0.414. The zero-order chi connectivity index (χ0) is 29.2. The molecule has 0 atom stereocenters. The third kappa shape index (κ3) is 8.38. The number of nitrogens with one attached hydrogen (secondary N) is 3. The molecule has 3 aromatic rings. The van der Waals surface area contributed by atoms with Gasteiger partial charge in [0.25, 0.3) is 36.0 Å². The van der Waals surface area contributed by atoms with Crippen LogP contribution in [0.25, 0.3) is 0 Å². The van der Waals surface area contributed by atoms with Crippen LogP contribution in [0.3, 0.4) is 0 Å². The standard InChI is InChI=1S/C17H16ClN7O11S3/c18-11-3-1-9(7-13(11)25(26)27)20-16-22-15(19-5-6-37(28,29)30)23-17(24-16)21-12-8-10(38(31,32)33)2-4-14(12)39(34,35)36/h1-4,7-8H,5-6H2,(H,28,29,30)(H,31,32,33)(H,34,35,36)(H3,19,20,21,22,23,24). The van der Waals surface area contributed by atoms with E-state index in [2.05, 4.69) is 30.9 Å². The predicted octanol–water partition coefficient (Wildman–Crippen LogP) is 1.71. The van der Waals surface area contributed by atoms with Gasteiger partial charge in [0.05, 0.1) is 21.3 Å². The Balaban J connectivity index is 2.08. The SMILES string of the molecule is O=[N+]([O-])c1cc(Nc2nc(NCCS(=O)(=O)O)nc(Nc3cc(S(=O)(=O)O)ccc3S(=O)(=O)O)n2)ccc1Cl. The minimum atomic E-state index is -4.94. The fourth-order valence-electron chi connectivity index (χ4n) is 2.83. The maximum Gasteiger partial charge on any atom is 0.296 e. The van der Waals surface area contributed by atoms with Crippen LogP contribution in [0.15, 0.2) is 46.2 Å². The van der Waals surface area contributed by atoms with Gasteiger partial charge in [-0.05, 0) is 30.3 Å². The van der Waals surface area contributed by atoms with Crippen molar-refractivity contribution in [1.82, 2.24) is 15.0 Å². The predicted molar refractivity (Wildman–Crippen MR) is 135 cm³/mol. The molecule has 0 spiro atoms. The Kier molecular flexibility index (Phi) is 8.54. The van der Waals surface area contributed by atoms with Gasteiger partial charge >= 0.3 is 0 Å². The largest absolute Gasteiger partial charge is 0.353 e. The summed E-state index contributed by atoms with van der Waals surface area (Å²) in [7, 11) is -14.1. The van der Waals surface area contributed by atoms with Crippen molar-refractivity contribution in [1.29, 1.82) is 0 Å². The minimum Gasteiger partial charge on any atom is -0.353 e. The van der Waals surface area contributed by atoms with Crippen molar-refractivity contribution in [2.24, 2.45) is 0 Å². The first-order valence-electron chi connectivity index (χ1n) is 9.94. The van der Waals surface area contributed by atoms with Gasteiger partial charge in [-0.2, -0.15) is 40.2 Å². The normalized spacial score (nSPS) is 12.1. The first-order chi connectivity index (χ1) is 17.9. The Morgan fingerprint density at radius 1 is 0.846 bits per heavy atom. The molecule has 210 valence electrons. The third-order valence-corrected chi connectivity index (χ3v) is 7.25. The summed E-state index contributed by atoms with van der Waals surface area (Å²) in [5.74, 6) is -1.99. The summed E-state index contributed by atoms with van der Waals surface area (Å²) >= 11 is 5.80. The molecule has 0 aliphatic rings. The third-order valence-electron chi connectivity index (χ3n) is 4.45. The first kappa shape index (κ1) is 29.8. The Bertz CT molecular complexity index is 1770. The van der Waals surface area contributed by atoms with E-state index in [0.29, 0.717) is 18.2 Å². The van der Waals surface area contributed by atoms with Crippen molar-refractivity contribution in [3.63, 3.8) is 0 Å². The molecule has 18 nitrogen and oxygen atoms in total. The van der Waals surface area contributed by atoms with Crippen molar-refractivity contribution in [3.8, 4) is 0 Å². The highest BCUT2D eigenvalue weighted by atomic mass is 35.5. The first-order valence-corrected chi connectivity index (χ1v) is 14.8. The van der Waals surface area contributed by atoms with E-state index in [-0.39, 0.29) is 22.6 Å². The van der Waals surface area contributed by atoms with Crippen molar-refractivity contribution < 1.29 is 43.8 Å². The molecule has 0 saturated heterocycles. The van der Waals surface area contributed by atoms with E-state index < -0.39 is 74.7 Å². The second kappa shape index (κ2) is 11.2. The molecule has 0 aliphatic heterocycles. The summed E-state index contributed by atoms with van der Waals surface area (Å²) in [6.07, 6.45) is 0. The molecule has 1 heterocycles. The lowest BCUT2D eigenvalue weighted by Crippen LogP contribution is -2.17. The van der Waals surface area contributed by atoms with Crippen molar-refractivity contribution in [2.75, 3.05) is 28.2 Å². The summed E-state index contributed by atoms with van der Waals surface area (Å²) in [4.78, 5) is 20.6. The molecular formula is C17H16ClN7O11S3. The van der Waals surface area contributed by atoms with Gasteiger partial charge in [0.2, 0.25) is 17.8 Å². The van der Waals surface area contributed by atoms with E-state index in [9.17, 15) is 44.5 Å². The maximum atomic E-state index is 11.8. The highest BCUT2D eigenvalue weighted by Crippen LogP contribution is 2.30. The van der Waals surface area contributed by atoms with Crippen LogP contribution >= 0.6 is 11.6 Å². The fourth-order valence-corrected chi connectivity index (χ4v) is 4.51. The van der Waals surface area contributed by atoms with Crippen LogP contribution < -0.4 is 16.0 Å². The minimum absolute atomic E-state index is 0.0548. The lowest BCUT2D eigenvalue weighted by molar-refractivity contribution is -0.384. The number of rotatable bonds is 11. The fraction of sp³-hybridized carbons (Fsp3) is 0.118. The summed E-state index contributed by atoms with van der Waals surface area (Å²) in [5.41, 5.74) is -1.02. The number of hydrogen-bond acceptors (Lipinski definition) is 14. The van der Waals surface area contributed by atoms with Gasteiger partial charge in [0.1, 0.15) is 9.92 Å². The molecule has 1 aromatic heterocycles. The lowest BCUT2D eigenvalue weighted by Gasteiger charge is -2.13. The number of nitrogens with zero attached hydrogens (tertiary/aromatic N) is 4. The number of anilines is 5. The lowest BCUT2D eigenvalue weighted by atomic mass is 10.3. The van der Waals surface area contributed by atoms with E-state index in [1.54, 1.807) is 0 Å². The highest BCUT2D eigenvalue weighted by molar-refractivity contribution is 7.86. The number of nitro groups is 1. The Labute approximate surface area is 224 Å². The number of nitro benzene ring substituents is 1. The molecule has 6 N–H and O–H groups in total. The number of benzene rings is 2. The van der Waals surface area contributed by atoms with Gasteiger partial charge in [0, 0.05) is 18.3 Å². The van der Waals surface area contributed by atoms with Crippen LogP contribution in [0.1, 0.15) is 0 Å². The number of halogens is 1. The van der Waals surface area contributed by atoms with Gasteiger partial charge in [-0.25, -0.2) is 0 Å². The molecule has 0 aliphatic carbocycles. The van der Waals surface area contributed by atoms with E-state index in [4.69, 9.17) is 16.2 Å². The summed E-state index contributed by atoms with van der Waals surface area (Å²) in [6, 6.07) is 5.61. The van der Waals surface area contributed by atoms with E-state index in [1.165, 1.54) is 12.1 Å². The van der Waals surface area contributed by atoms with Gasteiger partial charge in [0.15, 0.2) is 0 Å². The monoisotopic (exact) mass is 625 g/mol. The second-order valence-electron chi connectivity index (χ2n) is 7.30. The van der Waals surface area contributed by atoms with Crippen molar-refractivity contribution in [2.45, 2.75) is 9.79 Å². The number of hydrogen-bond donors (Lipinski definition) is 6. The average Bonchev–Trinajstić information content (AvgIpc) is 2.78. The van der Waals surface area contributed by atoms with Crippen LogP contribution in [0.2, 0.25) is 5.02 Å². The zero-order valence-corrected chi connectivity index (χ0v) is 22.1. The van der Waals surface area contributed by atoms with Crippen LogP contribution in [-0.2, 0) is 30.4 Å². The molecular weight excluding hydrogens is 610 g/mol. The molecule has 0 amide bonds. The summed E-state index contributed by atoms with van der Waals surface area (Å²) in [5, 5.41) is 18.4. The molecule has 3 rings (SSSR count). The molecule has 39 heavy (non-hydrogen) atoms. The van der Waals surface area contributed by atoms with Gasteiger partial charge in [-0.15, -0.1) is 0 Å². The van der Waals surface area contributed by atoms with E-state index >= 15 is 0 Å². The Morgan fingerprint density at radius 2 is 1.46 bits per heavy atom. The summed E-state index contributed by atoms with van der Waals surface area (Å²) < 4.78 is 96.5. The quantitative estimate of drug-likeness (QED) is 0.100. The zero-order valence-electron chi connectivity index (χ0n) is 18.9. The second-order valence-corrected chi connectivity index (χ2v) is 12.1. The van der Waals surface area contributed by atoms with Gasteiger partial charge < -0.3 is 16.0 Å². The molecule has 2 aromatic carbocycles. The van der Waals surface area contributed by atoms with Crippen LogP contribution in [0.5, 0.6) is 0 Å². The molecule has 22 heteroatoms. The van der Waals surface area contributed by atoms with Crippen LogP contribution in [-0.4, -0.2) is 71.1 Å². The highest BCUT2D eigenvalue weighted by Gasteiger charge is 2.21. The average molecular weight is 626 g/mol. The topological polar surface area (TPSA) is 281 Å². The smallest absolute Gasteiger partial charge is 0.296 e. The molecule has 0 fully saturated rings. The van der Waals surface area contributed by atoms with Gasteiger partial charge in [-0.3, -0.25) is 23.8 Å². The molecule has 0 radical (unpaired) electrons. The molecule has 0 saturated carbocycles. The van der Waals surface area contributed by atoms with Gasteiger partial charge in [-0.1, -0.05) is 11.6 Å². The number of aromatic nitrogens is 3. The van der Waals surface area contributed by atoms with Crippen LogP contribution in [0, 0.1) is 10.1 Å². The Hall–Kier alpha value is -3.73. The van der Waals surface area contributed by atoms with E-state index in [1.807, 2.05) is 0 Å². The molecule has 0 bridgehead atoms.